The predicted octanol–water partition coefficient (Wildman–Crippen LogP) is 11.1. The Hall–Kier alpha value is -3.04. The molecule has 0 radical (unpaired) electrons. The number of allylic oxidation sites excluding steroid dienone is 1. The second-order valence-corrected chi connectivity index (χ2v) is 11.3. The molecule has 0 bridgehead atoms. The van der Waals surface area contributed by atoms with E-state index in [0.29, 0.717) is 11.5 Å². The molecule has 4 rings (SSSR count). The molecule has 0 aliphatic heterocycles. The molecular weight excluding hydrogens is 568 g/mol. The van der Waals surface area contributed by atoms with Crippen molar-refractivity contribution in [2.45, 2.75) is 77.2 Å². The highest BCUT2D eigenvalue weighted by molar-refractivity contribution is 5.51. The van der Waals surface area contributed by atoms with Crippen LogP contribution in [0.15, 0.2) is 48.5 Å². The summed E-state index contributed by atoms with van der Waals surface area (Å²) in [6.07, 6.45) is 8.62. The van der Waals surface area contributed by atoms with E-state index in [-0.39, 0.29) is 12.1 Å². The number of halogens is 8. The van der Waals surface area contributed by atoms with E-state index in [2.05, 4.69) is 16.4 Å². The molecule has 0 N–H and O–H groups in total. The Morgan fingerprint density at radius 3 is 1.98 bits per heavy atom. The second-order valence-electron chi connectivity index (χ2n) is 11.3. The maximum atomic E-state index is 14.7. The largest absolute Gasteiger partial charge is 0.429 e. The Morgan fingerprint density at radius 1 is 0.833 bits per heavy atom. The molecule has 2 aromatic rings. The molecule has 2 fully saturated rings. The third-order valence-corrected chi connectivity index (χ3v) is 8.50. The van der Waals surface area contributed by atoms with Crippen molar-refractivity contribution in [2.24, 2.45) is 23.7 Å². The summed E-state index contributed by atoms with van der Waals surface area (Å²) < 4.78 is 117. The number of ether oxygens (including phenoxy) is 2. The third kappa shape index (κ3) is 8.07. The van der Waals surface area contributed by atoms with Gasteiger partial charge in [0.25, 0.3) is 0 Å². The monoisotopic (exact) mass is 602 g/mol. The Morgan fingerprint density at radius 2 is 1.43 bits per heavy atom. The summed E-state index contributed by atoms with van der Waals surface area (Å²) in [5.41, 5.74) is -0.805. The molecule has 0 unspecified atom stereocenters. The minimum absolute atomic E-state index is 0.178. The van der Waals surface area contributed by atoms with Gasteiger partial charge in [0.05, 0.1) is 5.56 Å². The van der Waals surface area contributed by atoms with E-state index in [1.54, 1.807) is 6.08 Å². The van der Waals surface area contributed by atoms with Crippen LogP contribution in [0.4, 0.5) is 35.1 Å². The average Bonchev–Trinajstić information content (AvgIpc) is 2.94. The zero-order chi connectivity index (χ0) is 30.4. The van der Waals surface area contributed by atoms with E-state index in [1.165, 1.54) is 44.6 Å². The third-order valence-electron chi connectivity index (χ3n) is 8.50. The molecule has 42 heavy (non-hydrogen) atoms. The first-order chi connectivity index (χ1) is 20.0. The fourth-order valence-corrected chi connectivity index (χ4v) is 6.31. The van der Waals surface area contributed by atoms with Gasteiger partial charge in [-0.1, -0.05) is 50.8 Å². The lowest BCUT2D eigenvalue weighted by Gasteiger charge is -2.37. The van der Waals surface area contributed by atoms with Crippen LogP contribution in [0.3, 0.4) is 0 Å². The normalized spacial score (nSPS) is 23.2. The molecule has 0 spiro atoms. The molecule has 2 aromatic carbocycles. The van der Waals surface area contributed by atoms with Crippen molar-refractivity contribution >= 4 is 6.08 Å². The molecule has 0 amide bonds. The molecular formula is C32H34F8O2. The van der Waals surface area contributed by atoms with Gasteiger partial charge >= 0.3 is 18.2 Å². The average molecular weight is 603 g/mol. The summed E-state index contributed by atoms with van der Waals surface area (Å²) in [5.74, 6) is -4.78. The van der Waals surface area contributed by atoms with Crippen molar-refractivity contribution in [2.75, 3.05) is 0 Å². The van der Waals surface area contributed by atoms with Crippen LogP contribution in [-0.4, -0.2) is 0 Å². The van der Waals surface area contributed by atoms with E-state index >= 15 is 0 Å². The molecule has 0 saturated heterocycles. The molecule has 0 aromatic heterocycles. The molecule has 2 nitrogen and oxygen atoms in total. The highest BCUT2D eigenvalue weighted by atomic mass is 19.3. The van der Waals surface area contributed by atoms with Crippen molar-refractivity contribution < 1.29 is 44.6 Å². The minimum Gasteiger partial charge on any atom is -0.429 e. The smallest absolute Gasteiger partial charge is 0.429 e. The van der Waals surface area contributed by atoms with Crippen LogP contribution in [0.5, 0.6) is 11.5 Å². The molecule has 2 saturated carbocycles. The van der Waals surface area contributed by atoms with Crippen molar-refractivity contribution in [1.29, 1.82) is 0 Å². The predicted molar refractivity (Wildman–Crippen MR) is 143 cm³/mol. The van der Waals surface area contributed by atoms with Gasteiger partial charge < -0.3 is 9.47 Å². The number of benzene rings is 2. The summed E-state index contributed by atoms with van der Waals surface area (Å²) in [5, 5.41) is 0. The van der Waals surface area contributed by atoms with Crippen LogP contribution < -0.4 is 9.47 Å². The lowest BCUT2D eigenvalue weighted by atomic mass is 9.68. The Balaban J connectivity index is 1.34. The van der Waals surface area contributed by atoms with E-state index in [1.807, 2.05) is 6.08 Å². The number of alkyl halides is 2. The quantitative estimate of drug-likeness (QED) is 0.199. The van der Waals surface area contributed by atoms with Crippen LogP contribution >= 0.6 is 0 Å². The SMILES string of the molecule is CCCC1CCC(C2CCC(C=Cc3ccc(C(F)(F)Oc4cc(F)c(OC(F)=C(F)F)c(F)c4)c(F)c3)CC2)CC1. The van der Waals surface area contributed by atoms with Crippen LogP contribution in [0.25, 0.3) is 6.08 Å². The van der Waals surface area contributed by atoms with Gasteiger partial charge in [0, 0.05) is 12.1 Å². The summed E-state index contributed by atoms with van der Waals surface area (Å²) in [4.78, 5) is 0. The summed E-state index contributed by atoms with van der Waals surface area (Å²) in [6.45, 7) is 2.24. The summed E-state index contributed by atoms with van der Waals surface area (Å²) in [7, 11) is 0. The molecule has 0 atom stereocenters. The Kier molecular flexibility index (Phi) is 10.6. The molecule has 230 valence electrons. The van der Waals surface area contributed by atoms with Gasteiger partial charge in [-0.25, -0.2) is 13.2 Å². The molecule has 2 aliphatic carbocycles. The summed E-state index contributed by atoms with van der Waals surface area (Å²) in [6, 6.07) is 0.812. The first kappa shape index (κ1) is 31.9. The first-order valence-electron chi connectivity index (χ1n) is 14.4. The Labute approximate surface area is 240 Å². The molecule has 2 aliphatic rings. The molecule has 10 heteroatoms. The minimum atomic E-state index is -4.35. The van der Waals surface area contributed by atoms with Crippen molar-refractivity contribution in [1.82, 2.24) is 0 Å². The zero-order valence-electron chi connectivity index (χ0n) is 23.3. The van der Waals surface area contributed by atoms with Gasteiger partial charge in [0.2, 0.25) is 5.75 Å². The number of hydrogen-bond donors (Lipinski definition) is 0. The second kappa shape index (κ2) is 14.0. The zero-order valence-corrected chi connectivity index (χ0v) is 23.3. The molecule has 0 heterocycles. The van der Waals surface area contributed by atoms with Crippen LogP contribution in [0, 0.1) is 41.1 Å². The maximum absolute atomic E-state index is 14.7. The fourth-order valence-electron chi connectivity index (χ4n) is 6.31. The lowest BCUT2D eigenvalue weighted by molar-refractivity contribution is -0.187. The van der Waals surface area contributed by atoms with E-state index < -0.39 is 52.7 Å². The van der Waals surface area contributed by atoms with Crippen molar-refractivity contribution in [3.8, 4) is 11.5 Å². The van der Waals surface area contributed by atoms with Crippen LogP contribution in [0.2, 0.25) is 0 Å². The van der Waals surface area contributed by atoms with Crippen LogP contribution in [0.1, 0.15) is 82.3 Å². The topological polar surface area (TPSA) is 18.5 Å². The van der Waals surface area contributed by atoms with Gasteiger partial charge in [-0.2, -0.15) is 22.0 Å². The lowest BCUT2D eigenvalue weighted by Crippen LogP contribution is -2.25. The highest BCUT2D eigenvalue weighted by Crippen LogP contribution is 2.43. The fraction of sp³-hybridized carbons (Fsp3) is 0.500. The van der Waals surface area contributed by atoms with Gasteiger partial charge in [-0.3, -0.25) is 0 Å². The van der Waals surface area contributed by atoms with E-state index in [0.717, 1.165) is 55.6 Å². The summed E-state index contributed by atoms with van der Waals surface area (Å²) >= 11 is 0. The van der Waals surface area contributed by atoms with E-state index in [4.69, 9.17) is 0 Å². The number of hydrogen-bond acceptors (Lipinski definition) is 2. The first-order valence-corrected chi connectivity index (χ1v) is 14.4. The standard InChI is InChI=1S/C32H34F8O2/c1-2-3-19-6-11-22(12-7-19)23-13-8-20(9-14-23)4-5-21-10-15-25(26(33)16-21)32(39,40)42-24-17-27(34)29(28(35)18-24)41-31(38)30(36)37/h4-5,10,15-20,22-23H,2-3,6-9,11-14H2,1H3. The van der Waals surface area contributed by atoms with Crippen molar-refractivity contribution in [3.05, 3.63) is 77.1 Å². The highest BCUT2D eigenvalue weighted by Gasteiger charge is 2.38. The van der Waals surface area contributed by atoms with Gasteiger partial charge in [-0.05, 0) is 79.9 Å². The maximum Gasteiger partial charge on any atom is 0.429 e. The van der Waals surface area contributed by atoms with Gasteiger partial charge in [-0.15, -0.1) is 0 Å². The van der Waals surface area contributed by atoms with Gasteiger partial charge in [0.1, 0.15) is 11.6 Å². The van der Waals surface area contributed by atoms with Crippen LogP contribution in [-0.2, 0) is 6.11 Å². The van der Waals surface area contributed by atoms with Gasteiger partial charge in [0.15, 0.2) is 11.6 Å². The number of rotatable bonds is 10. The van der Waals surface area contributed by atoms with Crippen molar-refractivity contribution in [3.63, 3.8) is 0 Å². The Bertz CT molecular complexity index is 1250. The van der Waals surface area contributed by atoms with E-state index in [9.17, 15) is 35.1 Å².